The summed E-state index contributed by atoms with van der Waals surface area (Å²) in [7, 11) is 0. The van der Waals surface area contributed by atoms with Crippen molar-refractivity contribution in [1.29, 1.82) is 0 Å². The molecule has 5 nitrogen and oxygen atoms in total. The lowest BCUT2D eigenvalue weighted by molar-refractivity contribution is -0.124. The average molecular weight is 1040 g/mol. The molecule has 0 spiro atoms. The number of carbonyl (C=O) groups is 1. The average Bonchev–Trinajstić information content (AvgIpc) is 3.40. The van der Waals surface area contributed by atoms with Gasteiger partial charge in [-0.25, -0.2) is 0 Å². The Kier molecular flexibility index (Phi) is 62.9. The van der Waals surface area contributed by atoms with Gasteiger partial charge in [0.1, 0.15) is 0 Å². The Bertz CT molecular complexity index is 1150. The van der Waals surface area contributed by atoms with Crippen molar-refractivity contribution in [3.63, 3.8) is 0 Å². The highest BCUT2D eigenvalue weighted by Crippen LogP contribution is 2.19. The van der Waals surface area contributed by atoms with Gasteiger partial charge in [-0.05, 0) is 44.9 Å². The molecule has 4 N–H and O–H groups in total. The normalized spacial score (nSPS) is 13.3. The Morgan fingerprint density at radius 2 is 0.581 bits per heavy atom. The molecule has 0 aliphatic rings. The molecule has 3 atom stereocenters. The van der Waals surface area contributed by atoms with Crippen LogP contribution < -0.4 is 5.32 Å². The van der Waals surface area contributed by atoms with E-state index in [1.165, 1.54) is 308 Å². The van der Waals surface area contributed by atoms with Crippen molar-refractivity contribution in [3.05, 3.63) is 36.5 Å². The molecule has 1 amide bonds. The molecule has 0 fully saturated rings. The van der Waals surface area contributed by atoms with Crippen LogP contribution in [0.2, 0.25) is 0 Å². The number of nitrogens with one attached hydrogen (secondary N) is 1. The van der Waals surface area contributed by atoms with Crippen molar-refractivity contribution in [3.8, 4) is 0 Å². The van der Waals surface area contributed by atoms with Gasteiger partial charge in [-0.1, -0.05) is 359 Å². The molecule has 438 valence electrons. The summed E-state index contributed by atoms with van der Waals surface area (Å²) in [5.41, 5.74) is 0. The van der Waals surface area contributed by atoms with Gasteiger partial charge in [0.2, 0.25) is 5.91 Å². The fourth-order valence-corrected chi connectivity index (χ4v) is 10.8. The summed E-state index contributed by atoms with van der Waals surface area (Å²) in [6, 6.07) is -0.768. The second kappa shape index (κ2) is 64.1. The zero-order valence-electron chi connectivity index (χ0n) is 50.3. The van der Waals surface area contributed by atoms with Gasteiger partial charge in [-0.15, -0.1) is 0 Å². The summed E-state index contributed by atoms with van der Waals surface area (Å²) in [5.74, 6) is -0.323. The third-order valence-electron chi connectivity index (χ3n) is 15.9. The summed E-state index contributed by atoms with van der Waals surface area (Å²) < 4.78 is 0. The molecule has 3 unspecified atom stereocenters. The van der Waals surface area contributed by atoms with E-state index in [0.29, 0.717) is 6.42 Å². The summed E-state index contributed by atoms with van der Waals surface area (Å²) in [4.78, 5) is 12.6. The van der Waals surface area contributed by atoms with E-state index >= 15 is 0 Å². The maximum Gasteiger partial charge on any atom is 0.222 e. The summed E-state index contributed by atoms with van der Waals surface area (Å²) in [6.45, 7) is 4.24. The van der Waals surface area contributed by atoms with E-state index in [4.69, 9.17) is 0 Å². The van der Waals surface area contributed by atoms with Crippen LogP contribution in [-0.2, 0) is 4.79 Å². The number of hydrogen-bond donors (Lipinski definition) is 4. The standard InChI is InChI=1S/C69H133NO4/c1-3-5-7-9-11-13-15-17-19-21-23-25-27-28-29-30-31-32-33-34-35-36-37-38-39-40-41-42-44-46-48-50-52-54-56-58-60-62-66(72)64-69(74)70-67(65-71)68(73)63-61-59-57-55-53-51-49-47-45-43-26-24-22-20-18-16-14-12-10-8-6-4-2/h45,47,53,55,61,63,66-68,71-73H,3-44,46,48-52,54,56-60,62,64-65H2,1-2H3,(H,70,74)/b47-45+,55-53+,63-61+. The van der Waals surface area contributed by atoms with E-state index in [-0.39, 0.29) is 18.9 Å². The van der Waals surface area contributed by atoms with Gasteiger partial charge in [-0.3, -0.25) is 4.79 Å². The zero-order chi connectivity index (χ0) is 53.6. The lowest BCUT2D eigenvalue weighted by atomic mass is 10.0. The SMILES string of the molecule is CCCCCCCCCCCCCC/C=C/CC/C=C/CC/C=C/C(O)C(CO)NC(=O)CC(O)CCCCCCCCCCCCCCCCCCCCCCCCCCCCCCCCCCCCCCC. The lowest BCUT2D eigenvalue weighted by Gasteiger charge is -2.21. The highest BCUT2D eigenvalue weighted by Gasteiger charge is 2.20. The number of aliphatic hydroxyl groups excluding tert-OH is 3. The monoisotopic (exact) mass is 1040 g/mol. The molecule has 0 saturated heterocycles. The Morgan fingerprint density at radius 1 is 0.338 bits per heavy atom. The minimum Gasteiger partial charge on any atom is -0.394 e. The van der Waals surface area contributed by atoms with Crippen LogP contribution in [0.5, 0.6) is 0 Å². The highest BCUT2D eigenvalue weighted by molar-refractivity contribution is 5.76. The van der Waals surface area contributed by atoms with E-state index in [9.17, 15) is 20.1 Å². The summed E-state index contributed by atoms with van der Waals surface area (Å²) in [5, 5.41) is 33.5. The smallest absolute Gasteiger partial charge is 0.222 e. The van der Waals surface area contributed by atoms with Gasteiger partial charge in [0.25, 0.3) is 0 Å². The molecule has 0 aliphatic heterocycles. The first-order valence-electron chi connectivity index (χ1n) is 33.8. The second-order valence-electron chi connectivity index (χ2n) is 23.4. The largest absolute Gasteiger partial charge is 0.394 e. The van der Waals surface area contributed by atoms with Crippen LogP contribution in [0.25, 0.3) is 0 Å². The predicted molar refractivity (Wildman–Crippen MR) is 328 cm³/mol. The van der Waals surface area contributed by atoms with E-state index in [2.05, 4.69) is 43.5 Å². The minimum absolute atomic E-state index is 0.00597. The molecular formula is C69H133NO4. The Morgan fingerprint density at radius 3 is 0.865 bits per heavy atom. The number of unbranched alkanes of at least 4 members (excludes halogenated alkanes) is 50. The van der Waals surface area contributed by atoms with Crippen LogP contribution in [0.1, 0.15) is 373 Å². The van der Waals surface area contributed by atoms with Crippen molar-refractivity contribution >= 4 is 5.91 Å². The molecule has 0 rings (SSSR count). The second-order valence-corrected chi connectivity index (χ2v) is 23.4. The molecule has 74 heavy (non-hydrogen) atoms. The van der Waals surface area contributed by atoms with E-state index in [1.807, 2.05) is 6.08 Å². The zero-order valence-corrected chi connectivity index (χ0v) is 50.3. The fraction of sp³-hybridized carbons (Fsp3) is 0.899. The van der Waals surface area contributed by atoms with E-state index in [0.717, 1.165) is 38.5 Å². The lowest BCUT2D eigenvalue weighted by Crippen LogP contribution is -2.45. The number of amides is 1. The van der Waals surface area contributed by atoms with Gasteiger partial charge in [0, 0.05) is 0 Å². The van der Waals surface area contributed by atoms with Crippen molar-refractivity contribution in [2.45, 2.75) is 392 Å². The Balaban J connectivity index is 3.49. The highest BCUT2D eigenvalue weighted by atomic mass is 16.3. The Labute approximate surface area is 464 Å². The van der Waals surface area contributed by atoms with Crippen molar-refractivity contribution < 1.29 is 20.1 Å². The van der Waals surface area contributed by atoms with Crippen LogP contribution in [-0.4, -0.2) is 46.1 Å². The third kappa shape index (κ3) is 59.8. The van der Waals surface area contributed by atoms with Gasteiger partial charge in [0.15, 0.2) is 0 Å². The maximum absolute atomic E-state index is 12.6. The first-order valence-corrected chi connectivity index (χ1v) is 33.8. The number of carbonyl (C=O) groups excluding carboxylic acids is 1. The predicted octanol–water partition coefficient (Wildman–Crippen LogP) is 21.7. The van der Waals surface area contributed by atoms with Crippen LogP contribution in [0.4, 0.5) is 0 Å². The van der Waals surface area contributed by atoms with Crippen LogP contribution >= 0.6 is 0 Å². The van der Waals surface area contributed by atoms with Gasteiger partial charge < -0.3 is 20.6 Å². The number of allylic oxidation sites excluding steroid dienone is 5. The first kappa shape index (κ1) is 72.6. The molecular weight excluding hydrogens is 907 g/mol. The van der Waals surface area contributed by atoms with Crippen molar-refractivity contribution in [2.75, 3.05) is 6.61 Å². The molecule has 0 aromatic heterocycles. The fourth-order valence-electron chi connectivity index (χ4n) is 10.8. The van der Waals surface area contributed by atoms with Crippen LogP contribution in [0, 0.1) is 0 Å². The van der Waals surface area contributed by atoms with Gasteiger partial charge >= 0.3 is 0 Å². The number of aliphatic hydroxyl groups is 3. The quantitative estimate of drug-likeness (QED) is 0.0361. The number of rotatable bonds is 63. The van der Waals surface area contributed by atoms with Crippen LogP contribution in [0.3, 0.4) is 0 Å². The summed E-state index contributed by atoms with van der Waals surface area (Å²) >= 11 is 0. The molecule has 0 radical (unpaired) electrons. The van der Waals surface area contributed by atoms with Crippen LogP contribution in [0.15, 0.2) is 36.5 Å². The molecule has 0 aromatic rings. The molecule has 0 heterocycles. The molecule has 5 heteroatoms. The Hall–Kier alpha value is -1.43. The van der Waals surface area contributed by atoms with Gasteiger partial charge in [0.05, 0.1) is 31.3 Å². The topological polar surface area (TPSA) is 89.8 Å². The molecule has 0 aromatic carbocycles. The number of hydrogen-bond acceptors (Lipinski definition) is 4. The van der Waals surface area contributed by atoms with E-state index in [1.54, 1.807) is 6.08 Å². The third-order valence-corrected chi connectivity index (χ3v) is 15.9. The van der Waals surface area contributed by atoms with Crippen molar-refractivity contribution in [2.24, 2.45) is 0 Å². The van der Waals surface area contributed by atoms with Crippen molar-refractivity contribution in [1.82, 2.24) is 5.32 Å². The minimum atomic E-state index is -0.960. The van der Waals surface area contributed by atoms with E-state index < -0.39 is 18.2 Å². The molecule has 0 bridgehead atoms. The maximum atomic E-state index is 12.6. The first-order chi connectivity index (χ1) is 36.5. The molecule has 0 aliphatic carbocycles. The summed E-state index contributed by atoms with van der Waals surface area (Å²) in [6.07, 6.45) is 85.4. The van der Waals surface area contributed by atoms with Gasteiger partial charge in [-0.2, -0.15) is 0 Å². The molecule has 0 saturated carbocycles.